The number of para-hydroxylation sites is 2. The highest BCUT2D eigenvalue weighted by atomic mass is 16.7. The minimum Gasteiger partial charge on any atom is -0.490 e. The number of hydrogen-bond donors (Lipinski definition) is 1. The van der Waals surface area contributed by atoms with Crippen molar-refractivity contribution in [3.8, 4) is 40.6 Å². The molecule has 1 aliphatic heterocycles. The van der Waals surface area contributed by atoms with Crippen LogP contribution < -0.4 is 28.4 Å². The van der Waals surface area contributed by atoms with Crippen molar-refractivity contribution < 1.29 is 38.5 Å². The van der Waals surface area contributed by atoms with Crippen LogP contribution in [0.4, 0.5) is 0 Å². The zero-order chi connectivity index (χ0) is 30.2. The van der Waals surface area contributed by atoms with Crippen LogP contribution in [0.5, 0.6) is 34.5 Å². The Bertz CT molecular complexity index is 1210. The zero-order valence-corrected chi connectivity index (χ0v) is 24.5. The molecule has 41 heavy (non-hydrogen) atoms. The maximum absolute atomic E-state index is 12.1. The summed E-state index contributed by atoms with van der Waals surface area (Å²) in [5, 5.41) is 34.0. The number of aliphatic hydroxyl groups excluding tert-OH is 1. The summed E-state index contributed by atoms with van der Waals surface area (Å²) in [6.07, 6.45) is -1.75. The molecule has 0 bridgehead atoms. The fraction of sp³-hybridized carbons (Fsp3) is 0.567. The van der Waals surface area contributed by atoms with Crippen LogP contribution in [0.1, 0.15) is 58.9 Å². The van der Waals surface area contributed by atoms with Crippen LogP contribution in [0.25, 0.3) is 0 Å². The Labute approximate surface area is 241 Å². The second-order valence-corrected chi connectivity index (χ2v) is 9.88. The standard InChI is InChI=1S/C30H40N2O9/c1-7-19(4)30(18-31,20-16-25(38-8-2)28(36-5)29(37-6)27(20)39-9-3)15-14-22(33)21(32(34)35)17-26-40-23-12-10-11-13-24(23)41-26/h10-13,16,19,21-22,26,33H,7-9,14-15,17H2,1-6H3. The van der Waals surface area contributed by atoms with Crippen molar-refractivity contribution >= 4 is 0 Å². The number of nitro groups is 1. The number of hydrogen-bond acceptors (Lipinski definition) is 10. The molecule has 4 unspecified atom stereocenters. The minimum atomic E-state index is -1.38. The average molecular weight is 573 g/mol. The van der Waals surface area contributed by atoms with Gasteiger partial charge in [0, 0.05) is 10.5 Å². The van der Waals surface area contributed by atoms with Gasteiger partial charge in [0.1, 0.15) is 6.10 Å². The lowest BCUT2D eigenvalue weighted by Crippen LogP contribution is -2.41. The van der Waals surface area contributed by atoms with Gasteiger partial charge in [-0.15, -0.1) is 0 Å². The number of nitrogens with zero attached hydrogens (tertiary/aromatic N) is 2. The molecular formula is C30H40N2O9. The zero-order valence-electron chi connectivity index (χ0n) is 24.5. The number of benzene rings is 2. The SMILES string of the molecule is CCOc1cc(C(C#N)(CCC(O)C(CC2Oc3ccccc3O2)[N+](=O)[O-])C(C)CC)c(OCC)c(OC)c1OC. The highest BCUT2D eigenvalue weighted by molar-refractivity contribution is 5.65. The van der Waals surface area contributed by atoms with Crippen molar-refractivity contribution in [3.05, 3.63) is 46.0 Å². The van der Waals surface area contributed by atoms with Crippen LogP contribution in [0.3, 0.4) is 0 Å². The van der Waals surface area contributed by atoms with Crippen molar-refractivity contribution in [2.24, 2.45) is 5.92 Å². The van der Waals surface area contributed by atoms with Crippen molar-refractivity contribution in [1.82, 2.24) is 0 Å². The van der Waals surface area contributed by atoms with E-state index in [4.69, 9.17) is 28.4 Å². The number of rotatable bonds is 16. The average Bonchev–Trinajstić information content (AvgIpc) is 3.39. The van der Waals surface area contributed by atoms with E-state index in [9.17, 15) is 20.5 Å². The van der Waals surface area contributed by atoms with Crippen LogP contribution in [0.2, 0.25) is 0 Å². The van der Waals surface area contributed by atoms with Gasteiger partial charge in [0.05, 0.1) is 45.3 Å². The van der Waals surface area contributed by atoms with E-state index in [1.807, 2.05) is 27.7 Å². The molecule has 0 saturated heterocycles. The Morgan fingerprint density at radius 2 is 1.68 bits per heavy atom. The predicted molar refractivity (Wildman–Crippen MR) is 151 cm³/mol. The van der Waals surface area contributed by atoms with Crippen molar-refractivity contribution in [3.63, 3.8) is 0 Å². The molecule has 2 aromatic rings. The van der Waals surface area contributed by atoms with Gasteiger partial charge in [0.25, 0.3) is 0 Å². The van der Waals surface area contributed by atoms with Gasteiger partial charge in [-0.25, -0.2) is 0 Å². The van der Waals surface area contributed by atoms with Gasteiger partial charge in [-0.2, -0.15) is 5.26 Å². The summed E-state index contributed by atoms with van der Waals surface area (Å²) < 4.78 is 34.6. The molecule has 0 saturated carbocycles. The molecule has 0 amide bonds. The summed E-state index contributed by atoms with van der Waals surface area (Å²) in [6, 6.07) is 9.83. The van der Waals surface area contributed by atoms with E-state index < -0.39 is 28.8 Å². The van der Waals surface area contributed by atoms with Crippen molar-refractivity contribution in [2.75, 3.05) is 27.4 Å². The molecule has 224 valence electrons. The van der Waals surface area contributed by atoms with E-state index in [-0.39, 0.29) is 37.5 Å². The monoisotopic (exact) mass is 572 g/mol. The molecular weight excluding hydrogens is 532 g/mol. The van der Waals surface area contributed by atoms with Crippen LogP contribution >= 0.6 is 0 Å². The number of nitriles is 1. The minimum absolute atomic E-state index is 0.0346. The van der Waals surface area contributed by atoms with Gasteiger partial charge in [0.2, 0.25) is 23.8 Å². The summed E-state index contributed by atoms with van der Waals surface area (Å²) in [4.78, 5) is 11.5. The first kappa shape index (κ1) is 31.6. The van der Waals surface area contributed by atoms with E-state index in [0.29, 0.717) is 47.3 Å². The van der Waals surface area contributed by atoms with Gasteiger partial charge in [-0.3, -0.25) is 10.1 Å². The lowest BCUT2D eigenvalue weighted by atomic mass is 9.67. The smallest absolute Gasteiger partial charge is 0.248 e. The molecule has 0 aromatic heterocycles. The first-order chi connectivity index (χ1) is 19.7. The van der Waals surface area contributed by atoms with Crippen LogP contribution in [-0.4, -0.2) is 55.9 Å². The molecule has 1 aliphatic rings. The molecule has 11 nitrogen and oxygen atoms in total. The quantitative estimate of drug-likeness (QED) is 0.208. The van der Waals surface area contributed by atoms with Crippen LogP contribution in [0, 0.1) is 27.4 Å². The van der Waals surface area contributed by atoms with E-state index in [2.05, 4.69) is 6.07 Å². The van der Waals surface area contributed by atoms with Crippen LogP contribution in [0.15, 0.2) is 30.3 Å². The molecule has 2 aromatic carbocycles. The first-order valence-corrected chi connectivity index (χ1v) is 13.9. The number of methoxy groups -OCH3 is 2. The fourth-order valence-electron chi connectivity index (χ4n) is 5.28. The van der Waals surface area contributed by atoms with Gasteiger partial charge in [-0.1, -0.05) is 32.4 Å². The van der Waals surface area contributed by atoms with Gasteiger partial charge >= 0.3 is 0 Å². The lowest BCUT2D eigenvalue weighted by Gasteiger charge is -2.36. The van der Waals surface area contributed by atoms with Gasteiger partial charge in [0.15, 0.2) is 23.0 Å². The topological polar surface area (TPSA) is 143 Å². The van der Waals surface area contributed by atoms with E-state index >= 15 is 0 Å². The Balaban J connectivity index is 1.98. The highest BCUT2D eigenvalue weighted by Crippen LogP contribution is 2.53. The molecule has 11 heteroatoms. The maximum atomic E-state index is 12.1. The molecule has 0 fully saturated rings. The predicted octanol–water partition coefficient (Wildman–Crippen LogP) is 5.28. The summed E-state index contributed by atoms with van der Waals surface area (Å²) in [5.74, 6) is 2.11. The molecule has 1 N–H and O–H groups in total. The van der Waals surface area contributed by atoms with Crippen LogP contribution in [-0.2, 0) is 5.41 Å². The van der Waals surface area contributed by atoms with Crippen molar-refractivity contribution in [2.45, 2.75) is 77.2 Å². The Kier molecular flexibility index (Phi) is 10.9. The second kappa shape index (κ2) is 14.1. The second-order valence-electron chi connectivity index (χ2n) is 9.88. The highest BCUT2D eigenvalue weighted by Gasteiger charge is 2.45. The van der Waals surface area contributed by atoms with Crippen molar-refractivity contribution in [1.29, 1.82) is 5.26 Å². The Morgan fingerprint density at radius 1 is 1.07 bits per heavy atom. The number of aliphatic hydroxyl groups is 1. The van der Waals surface area contributed by atoms with E-state index in [0.717, 1.165) is 0 Å². The third-order valence-corrected chi connectivity index (χ3v) is 7.64. The Hall–Kier alpha value is -3.91. The normalized spacial score (nSPS) is 16.1. The molecule has 4 atom stereocenters. The fourth-order valence-corrected chi connectivity index (χ4v) is 5.28. The number of fused-ring (bicyclic) bond motifs is 1. The molecule has 0 spiro atoms. The Morgan fingerprint density at radius 3 is 2.17 bits per heavy atom. The molecule has 3 rings (SSSR count). The molecule has 0 aliphatic carbocycles. The third-order valence-electron chi connectivity index (χ3n) is 7.64. The molecule has 1 heterocycles. The summed E-state index contributed by atoms with van der Waals surface area (Å²) in [6.45, 7) is 8.18. The third kappa shape index (κ3) is 6.54. The summed E-state index contributed by atoms with van der Waals surface area (Å²) in [5.41, 5.74) is -0.691. The van der Waals surface area contributed by atoms with Gasteiger partial charge < -0.3 is 33.5 Å². The summed E-state index contributed by atoms with van der Waals surface area (Å²) >= 11 is 0. The number of ether oxygens (including phenoxy) is 6. The van der Waals surface area contributed by atoms with E-state index in [1.54, 1.807) is 30.3 Å². The largest absolute Gasteiger partial charge is 0.490 e. The first-order valence-electron chi connectivity index (χ1n) is 13.9. The lowest BCUT2D eigenvalue weighted by molar-refractivity contribution is -0.538. The summed E-state index contributed by atoms with van der Waals surface area (Å²) in [7, 11) is 2.97. The maximum Gasteiger partial charge on any atom is 0.248 e. The van der Waals surface area contributed by atoms with Gasteiger partial charge in [-0.05, 0) is 50.8 Å². The molecule has 0 radical (unpaired) electrons. The van der Waals surface area contributed by atoms with E-state index in [1.165, 1.54) is 14.2 Å².